The van der Waals surface area contributed by atoms with Crippen molar-refractivity contribution >= 4 is 18.1 Å². The third kappa shape index (κ3) is 3.87. The van der Waals surface area contributed by atoms with Gasteiger partial charge in [0.05, 0.1) is 5.69 Å². The summed E-state index contributed by atoms with van der Waals surface area (Å²) in [5.74, 6) is 0. The van der Waals surface area contributed by atoms with Gasteiger partial charge in [0, 0.05) is 5.56 Å². The molecule has 4 nitrogen and oxygen atoms in total. The Morgan fingerprint density at radius 1 is 1.28 bits per heavy atom. The number of hydrogen-bond donors (Lipinski definition) is 1. The molecular weight excluding hydrogens is 230 g/mol. The number of ether oxygens (including phenoxy) is 1. The zero-order valence-corrected chi connectivity index (χ0v) is 11.5. The molecule has 1 aromatic rings. The van der Waals surface area contributed by atoms with E-state index in [4.69, 9.17) is 4.74 Å². The first-order valence-corrected chi connectivity index (χ1v) is 5.79. The summed E-state index contributed by atoms with van der Waals surface area (Å²) >= 11 is 0. The molecule has 18 heavy (non-hydrogen) atoms. The highest BCUT2D eigenvalue weighted by atomic mass is 16.6. The van der Waals surface area contributed by atoms with E-state index in [1.807, 2.05) is 19.9 Å². The van der Waals surface area contributed by atoms with Gasteiger partial charge in [-0.3, -0.25) is 10.1 Å². The van der Waals surface area contributed by atoms with Crippen molar-refractivity contribution in [1.82, 2.24) is 0 Å². The second-order valence-electron chi connectivity index (χ2n) is 5.29. The number of rotatable bonds is 2. The fourth-order valence-corrected chi connectivity index (χ4v) is 1.67. The number of carbonyl (C=O) groups excluding carboxylic acids is 2. The van der Waals surface area contributed by atoms with E-state index in [2.05, 4.69) is 5.32 Å². The van der Waals surface area contributed by atoms with Gasteiger partial charge in [-0.15, -0.1) is 0 Å². The molecule has 4 heteroatoms. The summed E-state index contributed by atoms with van der Waals surface area (Å²) in [6.45, 7) is 9.10. The van der Waals surface area contributed by atoms with Crippen molar-refractivity contribution in [3.05, 3.63) is 28.8 Å². The van der Waals surface area contributed by atoms with E-state index in [0.717, 1.165) is 17.4 Å². The van der Waals surface area contributed by atoms with Crippen molar-refractivity contribution in [3.63, 3.8) is 0 Å². The zero-order valence-electron chi connectivity index (χ0n) is 11.5. The molecule has 0 fully saturated rings. The van der Waals surface area contributed by atoms with E-state index in [1.54, 1.807) is 26.8 Å². The molecule has 1 rings (SSSR count). The summed E-state index contributed by atoms with van der Waals surface area (Å²) in [7, 11) is 0. The molecular formula is C14H19NO3. The van der Waals surface area contributed by atoms with Crippen LogP contribution >= 0.6 is 0 Å². The molecule has 0 radical (unpaired) electrons. The summed E-state index contributed by atoms with van der Waals surface area (Å²) in [6, 6.07) is 3.63. The first-order chi connectivity index (χ1) is 8.23. The largest absolute Gasteiger partial charge is 0.444 e. The molecule has 0 saturated carbocycles. The van der Waals surface area contributed by atoms with Crippen molar-refractivity contribution in [2.75, 3.05) is 5.32 Å². The second kappa shape index (κ2) is 5.21. The van der Waals surface area contributed by atoms with Crippen molar-refractivity contribution < 1.29 is 14.3 Å². The van der Waals surface area contributed by atoms with E-state index in [0.29, 0.717) is 11.3 Å². The van der Waals surface area contributed by atoms with Crippen LogP contribution in [0.2, 0.25) is 0 Å². The molecule has 0 bridgehead atoms. The van der Waals surface area contributed by atoms with Crippen LogP contribution in [0.3, 0.4) is 0 Å². The van der Waals surface area contributed by atoms with Gasteiger partial charge in [-0.25, -0.2) is 4.79 Å². The molecule has 0 atom stereocenters. The lowest BCUT2D eigenvalue weighted by molar-refractivity contribution is 0.0636. The van der Waals surface area contributed by atoms with Crippen molar-refractivity contribution in [2.24, 2.45) is 0 Å². The number of benzene rings is 1. The predicted octanol–water partition coefficient (Wildman–Crippen LogP) is 3.46. The number of nitrogens with one attached hydrogen (secondary N) is 1. The van der Waals surface area contributed by atoms with Gasteiger partial charge in [0.1, 0.15) is 5.60 Å². The number of hydrogen-bond acceptors (Lipinski definition) is 3. The van der Waals surface area contributed by atoms with E-state index >= 15 is 0 Å². The van der Waals surface area contributed by atoms with E-state index in [9.17, 15) is 9.59 Å². The second-order valence-corrected chi connectivity index (χ2v) is 5.29. The van der Waals surface area contributed by atoms with Gasteiger partial charge in [0.2, 0.25) is 0 Å². The van der Waals surface area contributed by atoms with Crippen LogP contribution in [0.1, 0.15) is 42.3 Å². The van der Waals surface area contributed by atoms with Gasteiger partial charge in [0.25, 0.3) is 0 Å². The smallest absolute Gasteiger partial charge is 0.412 e. The van der Waals surface area contributed by atoms with Gasteiger partial charge >= 0.3 is 6.09 Å². The van der Waals surface area contributed by atoms with E-state index in [1.165, 1.54) is 0 Å². The van der Waals surface area contributed by atoms with Crippen molar-refractivity contribution in [1.29, 1.82) is 0 Å². The number of anilines is 1. The van der Waals surface area contributed by atoms with Crippen LogP contribution in [0, 0.1) is 13.8 Å². The summed E-state index contributed by atoms with van der Waals surface area (Å²) < 4.78 is 5.16. The van der Waals surface area contributed by atoms with Gasteiger partial charge in [-0.2, -0.15) is 0 Å². The topological polar surface area (TPSA) is 55.4 Å². The minimum absolute atomic E-state index is 0.457. The summed E-state index contributed by atoms with van der Waals surface area (Å²) in [6.07, 6.45) is 0.171. The van der Waals surface area contributed by atoms with E-state index < -0.39 is 11.7 Å². The molecule has 0 aromatic heterocycles. The first kappa shape index (κ1) is 14.2. The summed E-state index contributed by atoms with van der Waals surface area (Å²) in [5.41, 5.74) is 2.21. The van der Waals surface area contributed by atoms with Gasteiger partial charge in [0.15, 0.2) is 6.29 Å². The van der Waals surface area contributed by atoms with Gasteiger partial charge < -0.3 is 4.74 Å². The van der Waals surface area contributed by atoms with Crippen LogP contribution in [0.5, 0.6) is 0 Å². The maximum atomic E-state index is 11.7. The number of amides is 1. The molecule has 98 valence electrons. The zero-order chi connectivity index (χ0) is 13.9. The van der Waals surface area contributed by atoms with Crippen LogP contribution in [0.4, 0.5) is 10.5 Å². The van der Waals surface area contributed by atoms with Crippen LogP contribution in [0.15, 0.2) is 12.1 Å². The highest BCUT2D eigenvalue weighted by Crippen LogP contribution is 2.22. The summed E-state index contributed by atoms with van der Waals surface area (Å²) in [4.78, 5) is 22.7. The maximum Gasteiger partial charge on any atom is 0.412 e. The molecule has 1 N–H and O–H groups in total. The molecule has 1 amide bonds. The SMILES string of the molecule is Cc1cc(C)c(NC(=O)OC(C)(C)C)c(C=O)c1. The Bertz CT molecular complexity index is 473. The van der Waals surface area contributed by atoms with Crippen LogP contribution in [-0.2, 0) is 4.74 Å². The van der Waals surface area contributed by atoms with Crippen LogP contribution in [-0.4, -0.2) is 18.0 Å². The van der Waals surface area contributed by atoms with Gasteiger partial charge in [-0.05, 0) is 46.2 Å². The highest BCUT2D eigenvalue weighted by Gasteiger charge is 2.18. The molecule has 0 saturated heterocycles. The Balaban J connectivity index is 2.97. The Morgan fingerprint density at radius 2 is 1.89 bits per heavy atom. The van der Waals surface area contributed by atoms with Gasteiger partial charge in [-0.1, -0.05) is 11.6 Å². The van der Waals surface area contributed by atoms with Crippen LogP contribution in [0.25, 0.3) is 0 Å². The Morgan fingerprint density at radius 3 is 2.39 bits per heavy atom. The fourth-order valence-electron chi connectivity index (χ4n) is 1.67. The first-order valence-electron chi connectivity index (χ1n) is 5.79. The Hall–Kier alpha value is -1.84. The molecule has 0 heterocycles. The lowest BCUT2D eigenvalue weighted by atomic mass is 10.1. The Labute approximate surface area is 107 Å². The maximum absolute atomic E-state index is 11.7. The molecule has 0 spiro atoms. The Kier molecular flexibility index (Phi) is 4.11. The summed E-state index contributed by atoms with van der Waals surface area (Å²) in [5, 5.41) is 2.62. The van der Waals surface area contributed by atoms with Crippen molar-refractivity contribution in [3.8, 4) is 0 Å². The van der Waals surface area contributed by atoms with E-state index in [-0.39, 0.29) is 0 Å². The molecule has 0 aliphatic carbocycles. The minimum atomic E-state index is -0.565. The lowest BCUT2D eigenvalue weighted by Crippen LogP contribution is -2.27. The normalized spacial score (nSPS) is 10.9. The molecule has 1 aromatic carbocycles. The number of carbonyl (C=O) groups is 2. The molecule has 0 aliphatic rings. The lowest BCUT2D eigenvalue weighted by Gasteiger charge is -2.20. The molecule has 0 aliphatic heterocycles. The molecule has 0 unspecified atom stereocenters. The monoisotopic (exact) mass is 249 g/mol. The minimum Gasteiger partial charge on any atom is -0.444 e. The highest BCUT2D eigenvalue weighted by molar-refractivity contribution is 5.94. The quantitative estimate of drug-likeness (QED) is 0.816. The average molecular weight is 249 g/mol. The fraction of sp³-hybridized carbons (Fsp3) is 0.429. The third-order valence-electron chi connectivity index (χ3n) is 2.26. The van der Waals surface area contributed by atoms with Crippen LogP contribution < -0.4 is 5.32 Å². The third-order valence-corrected chi connectivity index (χ3v) is 2.26. The standard InChI is InChI=1S/C14H19NO3/c1-9-6-10(2)12(11(7-9)8-16)15-13(17)18-14(3,4)5/h6-8H,1-5H3,(H,15,17). The average Bonchev–Trinajstić information content (AvgIpc) is 2.18. The number of aldehydes is 1. The predicted molar refractivity (Wildman–Crippen MR) is 71.2 cm³/mol. The van der Waals surface area contributed by atoms with Crippen molar-refractivity contribution in [2.45, 2.75) is 40.2 Å². The number of aryl methyl sites for hydroxylation is 2.